The van der Waals surface area contributed by atoms with Crippen molar-refractivity contribution >= 4 is 35.6 Å². The van der Waals surface area contributed by atoms with Crippen molar-refractivity contribution in [1.82, 2.24) is 14.5 Å². The Morgan fingerprint density at radius 2 is 1.49 bits per heavy atom. The fraction of sp³-hybridized carbons (Fsp3) is 0.312. The fourth-order valence-corrected chi connectivity index (χ4v) is 5.48. The summed E-state index contributed by atoms with van der Waals surface area (Å²) >= 11 is 0. The number of para-hydroxylation sites is 1. The molecule has 5 aromatic rings. The molecule has 0 radical (unpaired) electrons. The quantitative estimate of drug-likeness (QED) is 0.158. The molecule has 0 spiro atoms. The van der Waals surface area contributed by atoms with Gasteiger partial charge in [-0.15, -0.1) is 6.07 Å². The van der Waals surface area contributed by atoms with Crippen molar-refractivity contribution in [3.05, 3.63) is 83.9 Å². The molecule has 5 rings (SSSR count). The van der Waals surface area contributed by atoms with Gasteiger partial charge in [-0.25, -0.2) is 4.98 Å². The van der Waals surface area contributed by atoms with Gasteiger partial charge in [0.15, 0.2) is 0 Å². The van der Waals surface area contributed by atoms with E-state index in [0.29, 0.717) is 17.1 Å². The molecule has 0 amide bonds. The van der Waals surface area contributed by atoms with Gasteiger partial charge in [-0.1, -0.05) is 65.4 Å². The number of ether oxygens (including phenoxy) is 1. The van der Waals surface area contributed by atoms with E-state index in [1.807, 2.05) is 43.4 Å². The molecule has 0 aliphatic heterocycles. The predicted molar refractivity (Wildman–Crippen MR) is 158 cm³/mol. The monoisotopic (exact) mass is 717 g/mol. The Morgan fingerprint density at radius 1 is 0.795 bits per heavy atom. The zero-order valence-electron chi connectivity index (χ0n) is 23.9. The van der Waals surface area contributed by atoms with E-state index in [9.17, 15) is 4.80 Å². The Kier molecular flexibility index (Phi) is 7.72. The van der Waals surface area contributed by atoms with Crippen LogP contribution < -0.4 is 10.1 Å². The molecule has 0 bridgehead atoms. The van der Waals surface area contributed by atoms with E-state index in [0.717, 1.165) is 33.2 Å². The standard InChI is InChI=1S/C32H36N3O2Si.Pt/c1-31(2,3)21-12-11-13-23(18-21)35-26-15-10-9-14-24(26)25-16-17-27(34-30(25)35)37-28-19-22(32(4,5)6)20-29(33-28)38(7,8)36;/h9-12,14-20,36H,1-8H3;/q-1;. The molecular weight excluding hydrogens is 682 g/mol. The molecule has 0 aliphatic rings. The summed E-state index contributed by atoms with van der Waals surface area (Å²) in [6.45, 7) is 16.8. The van der Waals surface area contributed by atoms with Crippen LogP contribution in [0.25, 0.3) is 27.6 Å². The van der Waals surface area contributed by atoms with Crippen LogP contribution in [-0.2, 0) is 31.9 Å². The molecule has 0 fully saturated rings. The second-order valence-corrected chi connectivity index (χ2v) is 16.2. The van der Waals surface area contributed by atoms with Crippen LogP contribution in [0.2, 0.25) is 13.1 Å². The third-order valence-electron chi connectivity index (χ3n) is 6.89. The van der Waals surface area contributed by atoms with E-state index in [2.05, 4.69) is 88.6 Å². The van der Waals surface area contributed by atoms with E-state index < -0.39 is 8.32 Å². The zero-order chi connectivity index (χ0) is 27.5. The summed E-state index contributed by atoms with van der Waals surface area (Å²) in [5.41, 5.74) is 5.00. The Labute approximate surface area is 246 Å². The van der Waals surface area contributed by atoms with Crippen molar-refractivity contribution in [1.29, 1.82) is 0 Å². The molecule has 7 heteroatoms. The van der Waals surface area contributed by atoms with Gasteiger partial charge in [0, 0.05) is 44.0 Å². The summed E-state index contributed by atoms with van der Waals surface area (Å²) in [4.78, 5) is 20.5. The van der Waals surface area contributed by atoms with Gasteiger partial charge in [0.25, 0.3) is 0 Å². The van der Waals surface area contributed by atoms with Crippen LogP contribution in [0.1, 0.15) is 52.7 Å². The molecule has 0 unspecified atom stereocenters. The first kappa shape index (κ1) is 29.2. The Balaban J connectivity index is 0.00000353. The minimum Gasteiger partial charge on any atom is -0.426 e. The van der Waals surface area contributed by atoms with Crippen LogP contribution in [0.5, 0.6) is 11.8 Å². The molecule has 0 saturated heterocycles. The fourth-order valence-electron chi connectivity index (χ4n) is 4.58. The number of hydrogen-bond acceptors (Lipinski definition) is 4. The third kappa shape index (κ3) is 5.89. The van der Waals surface area contributed by atoms with Crippen LogP contribution in [0.3, 0.4) is 0 Å². The first-order valence-electron chi connectivity index (χ1n) is 13.1. The third-order valence-corrected chi connectivity index (χ3v) is 8.40. The molecular formula is C32H36N3O2PtSi-. The number of rotatable bonds is 4. The molecule has 5 nitrogen and oxygen atoms in total. The molecule has 3 heterocycles. The van der Waals surface area contributed by atoms with Crippen molar-refractivity contribution in [2.75, 3.05) is 0 Å². The summed E-state index contributed by atoms with van der Waals surface area (Å²) < 4.78 is 8.44. The SMILES string of the molecule is CC(C)(C)c1cc[c-]c(-n2c3ccccc3c3ccc(Oc4cc(C(C)(C)C)cc([Si](C)(C)O)n4)nc32)c1.[Pt]. The van der Waals surface area contributed by atoms with Crippen LogP contribution in [0, 0.1) is 6.07 Å². The summed E-state index contributed by atoms with van der Waals surface area (Å²) in [7, 11) is -2.65. The molecule has 39 heavy (non-hydrogen) atoms. The second kappa shape index (κ2) is 10.3. The van der Waals surface area contributed by atoms with Crippen LogP contribution in [0.15, 0.2) is 66.7 Å². The first-order valence-corrected chi connectivity index (χ1v) is 16.0. The van der Waals surface area contributed by atoms with Gasteiger partial charge in [0.1, 0.15) is 5.65 Å². The summed E-state index contributed by atoms with van der Waals surface area (Å²) in [5, 5.41) is 2.87. The molecule has 3 aromatic heterocycles. The van der Waals surface area contributed by atoms with Crippen molar-refractivity contribution in [2.45, 2.75) is 65.5 Å². The molecule has 2 aromatic carbocycles. The van der Waals surface area contributed by atoms with Crippen molar-refractivity contribution < 1.29 is 30.6 Å². The van der Waals surface area contributed by atoms with Gasteiger partial charge < -0.3 is 14.1 Å². The number of hydrogen-bond donors (Lipinski definition) is 1. The zero-order valence-corrected chi connectivity index (χ0v) is 27.1. The van der Waals surface area contributed by atoms with E-state index >= 15 is 0 Å². The normalized spacial score (nSPS) is 12.5. The van der Waals surface area contributed by atoms with Crippen LogP contribution >= 0.6 is 0 Å². The van der Waals surface area contributed by atoms with Crippen molar-refractivity contribution in [3.63, 3.8) is 0 Å². The van der Waals surface area contributed by atoms with E-state index in [4.69, 9.17) is 14.7 Å². The number of aromatic nitrogens is 3. The van der Waals surface area contributed by atoms with Crippen LogP contribution in [0.4, 0.5) is 0 Å². The Bertz CT molecular complexity index is 1620. The maximum absolute atomic E-state index is 10.8. The largest absolute Gasteiger partial charge is 0.426 e. The Morgan fingerprint density at radius 3 is 2.15 bits per heavy atom. The second-order valence-electron chi connectivity index (χ2n) is 12.6. The topological polar surface area (TPSA) is 60.2 Å². The molecule has 206 valence electrons. The van der Waals surface area contributed by atoms with Crippen molar-refractivity contribution in [3.8, 4) is 17.4 Å². The van der Waals surface area contributed by atoms with E-state index in [-0.39, 0.29) is 31.9 Å². The molecule has 0 saturated carbocycles. The smallest absolute Gasteiger partial charge is 0.233 e. The summed E-state index contributed by atoms with van der Waals surface area (Å²) in [6.07, 6.45) is 0. The van der Waals surface area contributed by atoms with Gasteiger partial charge in [-0.05, 0) is 47.7 Å². The maximum Gasteiger partial charge on any atom is 0.233 e. The minimum atomic E-state index is -2.65. The van der Waals surface area contributed by atoms with Crippen molar-refractivity contribution in [2.24, 2.45) is 0 Å². The molecule has 0 aliphatic carbocycles. The average Bonchev–Trinajstić information content (AvgIpc) is 3.16. The van der Waals surface area contributed by atoms with Gasteiger partial charge in [0.05, 0.1) is 10.8 Å². The van der Waals surface area contributed by atoms with Gasteiger partial charge >= 0.3 is 0 Å². The maximum atomic E-state index is 10.8. The number of pyridine rings is 2. The van der Waals surface area contributed by atoms with E-state index in [1.54, 1.807) is 0 Å². The summed E-state index contributed by atoms with van der Waals surface area (Å²) in [6, 6.07) is 26.0. The number of nitrogens with zero attached hydrogens (tertiary/aromatic N) is 3. The summed E-state index contributed by atoms with van der Waals surface area (Å²) in [5.74, 6) is 0.897. The van der Waals surface area contributed by atoms with Gasteiger partial charge in [-0.3, -0.25) is 0 Å². The van der Waals surface area contributed by atoms with Crippen LogP contribution in [-0.4, -0.2) is 27.6 Å². The van der Waals surface area contributed by atoms with Gasteiger partial charge in [0.2, 0.25) is 20.1 Å². The van der Waals surface area contributed by atoms with Gasteiger partial charge in [-0.2, -0.15) is 28.7 Å². The van der Waals surface area contributed by atoms with E-state index in [1.165, 1.54) is 5.56 Å². The molecule has 0 atom stereocenters. The number of benzene rings is 2. The molecule has 1 N–H and O–H groups in total. The minimum absolute atomic E-state index is 0. The predicted octanol–water partition coefficient (Wildman–Crippen LogP) is 7.16. The average molecular weight is 718 g/mol. The number of fused-ring (bicyclic) bond motifs is 3. The first-order chi connectivity index (χ1) is 17.7. The Hall–Kier alpha value is -2.79.